The van der Waals surface area contributed by atoms with E-state index in [1.54, 1.807) is 0 Å². The molecule has 20 heavy (non-hydrogen) atoms. The lowest BCUT2D eigenvalue weighted by atomic mass is 9.90. The van der Waals surface area contributed by atoms with Crippen LogP contribution in [0, 0.1) is 5.92 Å². The molecule has 4 nitrogen and oxygen atoms in total. The van der Waals surface area contributed by atoms with Crippen molar-refractivity contribution in [3.63, 3.8) is 0 Å². The number of piperidine rings is 1. The van der Waals surface area contributed by atoms with Crippen LogP contribution in [-0.4, -0.2) is 16.7 Å². The summed E-state index contributed by atoms with van der Waals surface area (Å²) in [5.41, 5.74) is 1.21. The van der Waals surface area contributed by atoms with Gasteiger partial charge in [-0.15, -0.1) is 0 Å². The molecule has 0 amide bonds. The van der Waals surface area contributed by atoms with Crippen LogP contribution in [0.1, 0.15) is 49.5 Å². The number of hydrogen-bond donors (Lipinski definition) is 1. The van der Waals surface area contributed by atoms with E-state index in [1.807, 2.05) is 18.2 Å². The van der Waals surface area contributed by atoms with E-state index < -0.39 is 0 Å². The number of aromatic nitrogens is 2. The highest BCUT2D eigenvalue weighted by atomic mass is 16.5. The van der Waals surface area contributed by atoms with E-state index in [0.29, 0.717) is 0 Å². The van der Waals surface area contributed by atoms with Crippen LogP contribution in [0.3, 0.4) is 0 Å². The number of rotatable bonds is 4. The minimum Gasteiger partial charge on any atom is -0.338 e. The summed E-state index contributed by atoms with van der Waals surface area (Å²) in [6.07, 6.45) is 4.30. The van der Waals surface area contributed by atoms with Gasteiger partial charge in [0.1, 0.15) is 0 Å². The van der Waals surface area contributed by atoms with Crippen LogP contribution >= 0.6 is 0 Å². The second kappa shape index (κ2) is 6.18. The standard InChI is InChI=1S/C16H21N3O/c1-2-12-8-9-17-14(10-12)16-18-15(19-20-16)11-13-6-4-3-5-7-13/h3-7,12,14,17H,2,8-11H2,1H3. The maximum absolute atomic E-state index is 5.45. The minimum atomic E-state index is 0.228. The fourth-order valence-electron chi connectivity index (χ4n) is 2.81. The van der Waals surface area contributed by atoms with Gasteiger partial charge in [0.15, 0.2) is 5.82 Å². The van der Waals surface area contributed by atoms with Gasteiger partial charge in [-0.2, -0.15) is 4.98 Å². The van der Waals surface area contributed by atoms with E-state index in [1.165, 1.54) is 18.4 Å². The molecule has 1 saturated heterocycles. The molecule has 1 aromatic carbocycles. The lowest BCUT2D eigenvalue weighted by Crippen LogP contribution is -2.31. The first kappa shape index (κ1) is 13.3. The second-order valence-corrected chi connectivity index (χ2v) is 5.52. The van der Waals surface area contributed by atoms with E-state index >= 15 is 0 Å². The predicted octanol–water partition coefficient (Wildman–Crippen LogP) is 3.11. The minimum absolute atomic E-state index is 0.228. The predicted molar refractivity (Wildman–Crippen MR) is 77.3 cm³/mol. The van der Waals surface area contributed by atoms with Crippen LogP contribution in [0.2, 0.25) is 0 Å². The molecule has 1 aromatic heterocycles. The van der Waals surface area contributed by atoms with Gasteiger partial charge in [-0.3, -0.25) is 0 Å². The van der Waals surface area contributed by atoms with E-state index in [2.05, 4.69) is 34.5 Å². The first-order valence-corrected chi connectivity index (χ1v) is 7.45. The highest BCUT2D eigenvalue weighted by Crippen LogP contribution is 2.28. The Morgan fingerprint density at radius 2 is 2.15 bits per heavy atom. The molecule has 2 aromatic rings. The van der Waals surface area contributed by atoms with Crippen LogP contribution in [-0.2, 0) is 6.42 Å². The lowest BCUT2D eigenvalue weighted by Gasteiger charge is -2.27. The first-order chi connectivity index (χ1) is 9.85. The molecule has 4 heteroatoms. The Morgan fingerprint density at radius 1 is 1.30 bits per heavy atom. The van der Waals surface area contributed by atoms with Crippen molar-refractivity contribution >= 4 is 0 Å². The highest BCUT2D eigenvalue weighted by Gasteiger charge is 2.25. The fourth-order valence-corrected chi connectivity index (χ4v) is 2.81. The lowest BCUT2D eigenvalue weighted by molar-refractivity contribution is 0.245. The van der Waals surface area contributed by atoms with Crippen LogP contribution in [0.25, 0.3) is 0 Å². The SMILES string of the molecule is CCC1CCNC(c2nc(Cc3ccccc3)no2)C1. The van der Waals surface area contributed by atoms with Gasteiger partial charge in [0.2, 0.25) is 5.89 Å². The summed E-state index contributed by atoms with van der Waals surface area (Å²) in [5.74, 6) is 2.28. The fraction of sp³-hybridized carbons (Fsp3) is 0.500. The van der Waals surface area contributed by atoms with Crippen LogP contribution in [0.15, 0.2) is 34.9 Å². The third kappa shape index (κ3) is 3.07. The summed E-state index contributed by atoms with van der Waals surface area (Å²) in [6, 6.07) is 10.5. The zero-order valence-corrected chi connectivity index (χ0v) is 11.9. The van der Waals surface area contributed by atoms with E-state index in [4.69, 9.17) is 4.52 Å². The third-order valence-electron chi connectivity index (χ3n) is 4.08. The quantitative estimate of drug-likeness (QED) is 0.928. The Morgan fingerprint density at radius 3 is 2.95 bits per heavy atom. The van der Waals surface area contributed by atoms with Crippen LogP contribution < -0.4 is 5.32 Å². The second-order valence-electron chi connectivity index (χ2n) is 5.52. The van der Waals surface area contributed by atoms with Gasteiger partial charge in [0.25, 0.3) is 0 Å². The Kier molecular flexibility index (Phi) is 4.11. The topological polar surface area (TPSA) is 51.0 Å². The van der Waals surface area contributed by atoms with Crippen molar-refractivity contribution in [1.82, 2.24) is 15.5 Å². The molecule has 1 aliphatic heterocycles. The van der Waals surface area contributed by atoms with Gasteiger partial charge in [0.05, 0.1) is 6.04 Å². The normalized spacial score (nSPS) is 22.9. The molecule has 1 fully saturated rings. The van der Waals surface area contributed by atoms with E-state index in [9.17, 15) is 0 Å². The maximum Gasteiger partial charge on any atom is 0.243 e. The molecule has 106 valence electrons. The molecule has 1 aliphatic rings. The molecule has 1 N–H and O–H groups in total. The average Bonchev–Trinajstić information content (AvgIpc) is 2.97. The Labute approximate surface area is 119 Å². The molecular formula is C16H21N3O. The van der Waals surface area contributed by atoms with Gasteiger partial charge in [0, 0.05) is 6.42 Å². The molecule has 0 radical (unpaired) electrons. The summed E-state index contributed by atoms with van der Waals surface area (Å²) in [6.45, 7) is 3.29. The van der Waals surface area contributed by atoms with Crippen molar-refractivity contribution < 1.29 is 4.52 Å². The molecule has 0 bridgehead atoms. The van der Waals surface area contributed by atoms with Crippen molar-refractivity contribution in [2.24, 2.45) is 5.92 Å². The van der Waals surface area contributed by atoms with Crippen LogP contribution in [0.5, 0.6) is 0 Å². The smallest absolute Gasteiger partial charge is 0.243 e. The molecule has 2 heterocycles. The zero-order valence-electron chi connectivity index (χ0n) is 11.9. The number of nitrogens with one attached hydrogen (secondary N) is 1. The van der Waals surface area contributed by atoms with Gasteiger partial charge in [-0.1, -0.05) is 48.8 Å². The molecule has 3 rings (SSSR count). The number of nitrogens with zero attached hydrogens (tertiary/aromatic N) is 2. The number of hydrogen-bond acceptors (Lipinski definition) is 4. The molecule has 0 spiro atoms. The highest BCUT2D eigenvalue weighted by molar-refractivity contribution is 5.18. The van der Waals surface area contributed by atoms with Crippen molar-refractivity contribution in [3.8, 4) is 0 Å². The van der Waals surface area contributed by atoms with Gasteiger partial charge in [-0.25, -0.2) is 0 Å². The Balaban J connectivity index is 1.67. The molecule has 2 unspecified atom stereocenters. The summed E-state index contributed by atoms with van der Waals surface area (Å²) in [4.78, 5) is 4.56. The van der Waals surface area contributed by atoms with E-state index in [0.717, 1.165) is 37.0 Å². The molecule has 0 aliphatic carbocycles. The Bertz CT molecular complexity index is 538. The Hall–Kier alpha value is -1.68. The summed E-state index contributed by atoms with van der Waals surface area (Å²) < 4.78 is 5.45. The van der Waals surface area contributed by atoms with Gasteiger partial charge < -0.3 is 9.84 Å². The van der Waals surface area contributed by atoms with Crippen molar-refractivity contribution in [2.75, 3.05) is 6.54 Å². The molecule has 2 atom stereocenters. The van der Waals surface area contributed by atoms with Crippen LogP contribution in [0.4, 0.5) is 0 Å². The zero-order chi connectivity index (χ0) is 13.8. The van der Waals surface area contributed by atoms with Gasteiger partial charge in [-0.05, 0) is 30.9 Å². The van der Waals surface area contributed by atoms with E-state index in [-0.39, 0.29) is 6.04 Å². The summed E-state index contributed by atoms with van der Waals surface area (Å²) >= 11 is 0. The molecule has 0 saturated carbocycles. The van der Waals surface area contributed by atoms with Crippen molar-refractivity contribution in [2.45, 2.75) is 38.6 Å². The average molecular weight is 271 g/mol. The maximum atomic E-state index is 5.45. The van der Waals surface area contributed by atoms with Crippen molar-refractivity contribution in [1.29, 1.82) is 0 Å². The third-order valence-corrected chi connectivity index (χ3v) is 4.08. The van der Waals surface area contributed by atoms with Crippen molar-refractivity contribution in [3.05, 3.63) is 47.6 Å². The molecular weight excluding hydrogens is 250 g/mol. The summed E-state index contributed by atoms with van der Waals surface area (Å²) in [5, 5.41) is 7.59. The summed E-state index contributed by atoms with van der Waals surface area (Å²) in [7, 11) is 0. The largest absolute Gasteiger partial charge is 0.338 e. The number of benzene rings is 1. The van der Waals surface area contributed by atoms with Gasteiger partial charge >= 0.3 is 0 Å². The first-order valence-electron chi connectivity index (χ1n) is 7.45. The monoisotopic (exact) mass is 271 g/mol.